The summed E-state index contributed by atoms with van der Waals surface area (Å²) < 4.78 is 42.5. The smallest absolute Gasteiger partial charge is 0.223 e. The van der Waals surface area contributed by atoms with Crippen LogP contribution in [0.5, 0.6) is 0 Å². The Labute approximate surface area is 195 Å². The first-order chi connectivity index (χ1) is 16.3. The van der Waals surface area contributed by atoms with E-state index in [0.29, 0.717) is 28.8 Å². The second-order valence-corrected chi connectivity index (χ2v) is 11.3. The number of nitrogens with zero attached hydrogens (tertiary/aromatic N) is 2. The quantitative estimate of drug-likeness (QED) is 0.558. The molecule has 7 heteroatoms. The average molecular weight is 466 g/mol. The fourth-order valence-electron chi connectivity index (χ4n) is 7.73. The van der Waals surface area contributed by atoms with Crippen molar-refractivity contribution in [2.45, 2.75) is 56.0 Å². The molecule has 2 aromatic carbocycles. The predicted molar refractivity (Wildman–Crippen MR) is 120 cm³/mol. The number of hydrogen-bond donors (Lipinski definition) is 1. The molecule has 3 aromatic rings. The summed E-state index contributed by atoms with van der Waals surface area (Å²) >= 11 is 0. The minimum Gasteiger partial charge on any atom is -0.350 e. The number of amides is 1. The maximum Gasteiger partial charge on any atom is 0.223 e. The molecular weight excluding hydrogens is 439 g/mol. The van der Waals surface area contributed by atoms with Gasteiger partial charge in [-0.05, 0) is 67.6 Å². The highest BCUT2D eigenvalue weighted by Gasteiger charge is 2.69. The van der Waals surface area contributed by atoms with Gasteiger partial charge in [-0.15, -0.1) is 0 Å². The van der Waals surface area contributed by atoms with Crippen molar-refractivity contribution in [3.8, 4) is 0 Å². The third kappa shape index (κ3) is 2.78. The zero-order valence-electron chi connectivity index (χ0n) is 18.9. The lowest BCUT2D eigenvalue weighted by molar-refractivity contribution is -0.142. The zero-order valence-corrected chi connectivity index (χ0v) is 18.9. The molecule has 0 spiro atoms. The molecule has 5 fully saturated rings. The van der Waals surface area contributed by atoms with Gasteiger partial charge in [-0.2, -0.15) is 0 Å². The van der Waals surface area contributed by atoms with Crippen molar-refractivity contribution in [2.75, 3.05) is 0 Å². The van der Waals surface area contributed by atoms with Crippen molar-refractivity contribution in [2.24, 2.45) is 23.7 Å². The van der Waals surface area contributed by atoms with Crippen LogP contribution in [0.4, 0.5) is 13.2 Å². The summed E-state index contributed by atoms with van der Waals surface area (Å²) in [5, 5.41) is 3.34. The van der Waals surface area contributed by atoms with Crippen molar-refractivity contribution >= 4 is 16.9 Å². The minimum absolute atomic E-state index is 0.0298. The maximum absolute atomic E-state index is 13.8. The molecule has 8 rings (SSSR count). The van der Waals surface area contributed by atoms with Crippen LogP contribution < -0.4 is 5.32 Å². The van der Waals surface area contributed by atoms with Crippen LogP contribution in [0.15, 0.2) is 42.7 Å². The Kier molecular flexibility index (Phi) is 4.01. The molecular formula is C27H26F3N3O. The Morgan fingerprint density at radius 1 is 1.06 bits per heavy atom. The molecule has 1 aromatic heterocycles. The fraction of sp³-hybridized carbons (Fsp3) is 0.481. The van der Waals surface area contributed by atoms with Crippen LogP contribution in [-0.4, -0.2) is 21.0 Å². The van der Waals surface area contributed by atoms with Gasteiger partial charge >= 0.3 is 0 Å². The molecule has 176 valence electrons. The third-order valence-electron chi connectivity index (χ3n) is 9.36. The zero-order chi connectivity index (χ0) is 23.4. The van der Waals surface area contributed by atoms with Gasteiger partial charge in [0.05, 0.1) is 17.4 Å². The van der Waals surface area contributed by atoms with Crippen LogP contribution >= 0.6 is 0 Å². The highest BCUT2D eigenvalue weighted by Crippen LogP contribution is 2.68. The molecule has 1 amide bonds. The van der Waals surface area contributed by atoms with Crippen molar-refractivity contribution < 1.29 is 18.0 Å². The van der Waals surface area contributed by atoms with E-state index in [-0.39, 0.29) is 34.6 Å². The van der Waals surface area contributed by atoms with Crippen molar-refractivity contribution in [3.63, 3.8) is 0 Å². The van der Waals surface area contributed by atoms with E-state index in [1.807, 2.05) is 23.6 Å². The number of nitrogens with one attached hydrogen (secondary N) is 1. The van der Waals surface area contributed by atoms with Gasteiger partial charge in [-0.1, -0.05) is 19.1 Å². The minimum atomic E-state index is -0.876. The number of carbonyl (C=O) groups is 1. The van der Waals surface area contributed by atoms with E-state index in [4.69, 9.17) is 0 Å². The van der Waals surface area contributed by atoms with Crippen LogP contribution in [0.1, 0.15) is 50.6 Å². The first-order valence-corrected chi connectivity index (χ1v) is 12.2. The van der Waals surface area contributed by atoms with Crippen LogP contribution in [0.2, 0.25) is 0 Å². The van der Waals surface area contributed by atoms with Crippen LogP contribution in [-0.2, 0) is 10.2 Å². The van der Waals surface area contributed by atoms with E-state index < -0.39 is 11.6 Å². The molecule has 1 heterocycles. The second-order valence-electron chi connectivity index (χ2n) is 11.3. The van der Waals surface area contributed by atoms with Gasteiger partial charge in [-0.25, -0.2) is 18.2 Å². The largest absolute Gasteiger partial charge is 0.350 e. The second kappa shape index (κ2) is 6.64. The number of benzene rings is 2. The van der Waals surface area contributed by atoms with Gasteiger partial charge in [0.1, 0.15) is 5.82 Å². The molecule has 0 radical (unpaired) electrons. The number of hydrogen-bond acceptors (Lipinski definition) is 2. The molecule has 0 saturated heterocycles. The van der Waals surface area contributed by atoms with Crippen LogP contribution in [0.25, 0.3) is 11.0 Å². The molecule has 34 heavy (non-hydrogen) atoms. The molecule has 5 aliphatic rings. The van der Waals surface area contributed by atoms with Gasteiger partial charge in [0.15, 0.2) is 11.6 Å². The molecule has 5 atom stereocenters. The summed E-state index contributed by atoms with van der Waals surface area (Å²) in [5.74, 6) is -0.453. The Hall–Kier alpha value is -2.83. The fourth-order valence-corrected chi connectivity index (χ4v) is 7.73. The molecule has 3 unspecified atom stereocenters. The Morgan fingerprint density at radius 2 is 1.71 bits per heavy atom. The van der Waals surface area contributed by atoms with Gasteiger partial charge in [0.2, 0.25) is 5.91 Å². The highest BCUT2D eigenvalue weighted by molar-refractivity contribution is 5.81. The lowest BCUT2D eigenvalue weighted by Crippen LogP contribution is -2.77. The average Bonchev–Trinajstić information content (AvgIpc) is 3.07. The molecule has 0 aliphatic heterocycles. The van der Waals surface area contributed by atoms with E-state index in [0.717, 1.165) is 38.2 Å². The molecule has 5 saturated carbocycles. The highest BCUT2D eigenvalue weighted by atomic mass is 19.2. The van der Waals surface area contributed by atoms with Crippen LogP contribution in [0.3, 0.4) is 0 Å². The SMILES string of the molecule is CC(C(=O)NC12CC(c3ccc(F)cc3)(C1)C2)C1[C@H]2CC(n3cnc4cc(F)c(F)cc43)C[C@@H]12. The van der Waals surface area contributed by atoms with E-state index in [1.165, 1.54) is 23.8 Å². The topological polar surface area (TPSA) is 46.9 Å². The predicted octanol–water partition coefficient (Wildman–Crippen LogP) is 5.28. The summed E-state index contributed by atoms with van der Waals surface area (Å²) in [4.78, 5) is 17.3. The third-order valence-corrected chi connectivity index (χ3v) is 9.36. The number of halogens is 3. The summed E-state index contributed by atoms with van der Waals surface area (Å²) in [7, 11) is 0. The number of fused-ring (bicyclic) bond motifs is 2. The summed E-state index contributed by atoms with van der Waals surface area (Å²) in [6.07, 6.45) is 6.38. The number of aromatic nitrogens is 2. The number of imidazole rings is 1. The standard InChI is InChI=1S/C27H26F3N3O/c1-14(25(34)32-27-10-26(11-27,12-27)15-2-4-16(28)5-3-15)24-18-6-17(7-19(18)24)33-13-31-22-8-20(29)21(30)9-23(22)33/h2-5,8-9,13-14,17-19,24H,6-7,10-12H2,1H3,(H,32,34)/t14?,17?,18-,19+,24?,26?,27?. The van der Waals surface area contributed by atoms with Gasteiger partial charge in [-0.3, -0.25) is 4.79 Å². The molecule has 2 bridgehead atoms. The Balaban J connectivity index is 0.967. The van der Waals surface area contributed by atoms with Gasteiger partial charge in [0.25, 0.3) is 0 Å². The number of carbonyl (C=O) groups excluding carboxylic acids is 1. The van der Waals surface area contributed by atoms with Crippen LogP contribution in [0, 0.1) is 41.1 Å². The lowest BCUT2D eigenvalue weighted by Gasteiger charge is -2.71. The van der Waals surface area contributed by atoms with Crippen molar-refractivity contribution in [1.82, 2.24) is 14.9 Å². The van der Waals surface area contributed by atoms with Gasteiger partial charge in [0, 0.05) is 35.0 Å². The summed E-state index contributed by atoms with van der Waals surface area (Å²) in [6, 6.07) is 9.38. The first-order valence-electron chi connectivity index (χ1n) is 12.2. The van der Waals surface area contributed by atoms with E-state index in [1.54, 1.807) is 6.33 Å². The Morgan fingerprint density at radius 3 is 2.38 bits per heavy atom. The monoisotopic (exact) mass is 465 g/mol. The van der Waals surface area contributed by atoms with Gasteiger partial charge < -0.3 is 9.88 Å². The number of rotatable bonds is 5. The molecule has 4 nitrogen and oxygen atoms in total. The maximum atomic E-state index is 13.8. The first kappa shape index (κ1) is 20.5. The lowest BCUT2D eigenvalue weighted by atomic mass is 9.37. The van der Waals surface area contributed by atoms with E-state index in [9.17, 15) is 18.0 Å². The van der Waals surface area contributed by atoms with Crippen molar-refractivity contribution in [3.05, 3.63) is 65.7 Å². The van der Waals surface area contributed by atoms with Crippen molar-refractivity contribution in [1.29, 1.82) is 0 Å². The van der Waals surface area contributed by atoms with E-state index >= 15 is 0 Å². The van der Waals surface area contributed by atoms with E-state index in [2.05, 4.69) is 10.3 Å². The summed E-state index contributed by atoms with van der Waals surface area (Å²) in [5.41, 5.74) is 2.31. The molecule has 5 aliphatic carbocycles. The normalized spacial score (nSPS) is 35.9. The summed E-state index contributed by atoms with van der Waals surface area (Å²) in [6.45, 7) is 2.04. The molecule has 1 N–H and O–H groups in total. The Bertz CT molecular complexity index is 1300.